The van der Waals surface area contributed by atoms with Crippen molar-refractivity contribution in [3.05, 3.63) is 42.2 Å². The second-order valence-electron chi connectivity index (χ2n) is 4.20. The lowest BCUT2D eigenvalue weighted by atomic mass is 10.1. The number of rotatable bonds is 6. The largest absolute Gasteiger partial charge is 0.306 e. The van der Waals surface area contributed by atoms with Gasteiger partial charge in [0.15, 0.2) is 0 Å². The Morgan fingerprint density at radius 2 is 1.94 bits per heavy atom. The molecule has 0 bridgehead atoms. The van der Waals surface area contributed by atoms with E-state index in [0.717, 1.165) is 30.6 Å². The Bertz CT molecular complexity index is 465. The van der Waals surface area contributed by atoms with E-state index in [-0.39, 0.29) is 6.04 Å². The minimum atomic E-state index is 0.113. The maximum Gasteiger partial charge on any atom is 0.115 e. The van der Waals surface area contributed by atoms with Crippen LogP contribution in [0.5, 0.6) is 0 Å². The average molecular weight is 245 g/mol. The van der Waals surface area contributed by atoms with Crippen molar-refractivity contribution in [3.8, 4) is 0 Å². The number of nitrogens with one attached hydrogen (secondary N) is 1. The van der Waals surface area contributed by atoms with Gasteiger partial charge in [0.1, 0.15) is 6.33 Å². The molecule has 0 saturated carbocycles. The predicted molar refractivity (Wildman–Crippen MR) is 70.1 cm³/mol. The normalized spacial score (nSPS) is 12.6. The van der Waals surface area contributed by atoms with Crippen LogP contribution in [0.4, 0.5) is 0 Å². The SMILES string of the molecule is CCCn1cc(C(NCC)c2cncnc2)cn1. The highest BCUT2D eigenvalue weighted by Gasteiger charge is 2.15. The van der Waals surface area contributed by atoms with Crippen LogP contribution in [0.25, 0.3) is 0 Å². The smallest absolute Gasteiger partial charge is 0.115 e. The highest BCUT2D eigenvalue weighted by Crippen LogP contribution is 2.20. The Labute approximate surface area is 107 Å². The summed E-state index contributed by atoms with van der Waals surface area (Å²) in [7, 11) is 0. The monoisotopic (exact) mass is 245 g/mol. The van der Waals surface area contributed by atoms with Crippen molar-refractivity contribution in [2.75, 3.05) is 6.54 Å². The first-order valence-electron chi connectivity index (χ1n) is 6.35. The first-order chi connectivity index (χ1) is 8.85. The third kappa shape index (κ3) is 2.92. The lowest BCUT2D eigenvalue weighted by Gasteiger charge is -2.15. The zero-order valence-electron chi connectivity index (χ0n) is 10.9. The Morgan fingerprint density at radius 1 is 1.17 bits per heavy atom. The van der Waals surface area contributed by atoms with Gasteiger partial charge in [-0.1, -0.05) is 13.8 Å². The molecule has 2 aromatic heterocycles. The molecule has 2 aromatic rings. The van der Waals surface area contributed by atoms with Gasteiger partial charge in [-0.3, -0.25) is 4.68 Å². The third-order valence-electron chi connectivity index (χ3n) is 2.76. The molecular formula is C13H19N5. The molecule has 0 aliphatic heterocycles. The number of nitrogens with zero attached hydrogens (tertiary/aromatic N) is 4. The lowest BCUT2D eigenvalue weighted by Crippen LogP contribution is -2.21. The van der Waals surface area contributed by atoms with Crippen molar-refractivity contribution in [2.24, 2.45) is 0 Å². The van der Waals surface area contributed by atoms with Gasteiger partial charge in [0.2, 0.25) is 0 Å². The van der Waals surface area contributed by atoms with E-state index >= 15 is 0 Å². The van der Waals surface area contributed by atoms with Crippen molar-refractivity contribution in [2.45, 2.75) is 32.9 Å². The summed E-state index contributed by atoms with van der Waals surface area (Å²) < 4.78 is 1.98. The molecule has 18 heavy (non-hydrogen) atoms. The van der Waals surface area contributed by atoms with Crippen LogP contribution in [-0.2, 0) is 6.54 Å². The second kappa shape index (κ2) is 6.26. The molecule has 5 nitrogen and oxygen atoms in total. The van der Waals surface area contributed by atoms with E-state index in [1.54, 1.807) is 6.33 Å². The van der Waals surface area contributed by atoms with E-state index in [1.165, 1.54) is 0 Å². The minimum Gasteiger partial charge on any atom is -0.306 e. The summed E-state index contributed by atoms with van der Waals surface area (Å²) in [6, 6.07) is 0.113. The Kier molecular flexibility index (Phi) is 4.41. The van der Waals surface area contributed by atoms with Gasteiger partial charge in [-0.05, 0) is 13.0 Å². The molecular weight excluding hydrogens is 226 g/mol. The number of hydrogen-bond acceptors (Lipinski definition) is 4. The van der Waals surface area contributed by atoms with Crippen LogP contribution in [0.1, 0.15) is 37.4 Å². The van der Waals surface area contributed by atoms with Crippen LogP contribution in [0.3, 0.4) is 0 Å². The van der Waals surface area contributed by atoms with Gasteiger partial charge in [-0.15, -0.1) is 0 Å². The average Bonchev–Trinajstić information content (AvgIpc) is 2.86. The molecule has 0 saturated heterocycles. The highest BCUT2D eigenvalue weighted by atomic mass is 15.3. The molecule has 0 spiro atoms. The van der Waals surface area contributed by atoms with Crippen molar-refractivity contribution in [3.63, 3.8) is 0 Å². The van der Waals surface area contributed by atoms with E-state index < -0.39 is 0 Å². The fourth-order valence-electron chi connectivity index (χ4n) is 1.97. The minimum absolute atomic E-state index is 0.113. The van der Waals surface area contributed by atoms with Crippen LogP contribution in [-0.4, -0.2) is 26.3 Å². The topological polar surface area (TPSA) is 55.6 Å². The Hall–Kier alpha value is -1.75. The van der Waals surface area contributed by atoms with Crippen LogP contribution in [0.15, 0.2) is 31.1 Å². The maximum atomic E-state index is 4.37. The van der Waals surface area contributed by atoms with Crippen LogP contribution >= 0.6 is 0 Å². The van der Waals surface area contributed by atoms with Crippen LogP contribution in [0.2, 0.25) is 0 Å². The van der Waals surface area contributed by atoms with Gasteiger partial charge in [0, 0.05) is 36.3 Å². The molecule has 0 aromatic carbocycles. The molecule has 0 aliphatic rings. The molecule has 0 amide bonds. The summed E-state index contributed by atoms with van der Waals surface area (Å²) in [4.78, 5) is 8.16. The Balaban J connectivity index is 2.23. The van der Waals surface area contributed by atoms with Gasteiger partial charge in [0.25, 0.3) is 0 Å². The number of aromatic nitrogens is 4. The third-order valence-corrected chi connectivity index (χ3v) is 2.76. The first kappa shape index (κ1) is 12.7. The zero-order chi connectivity index (χ0) is 12.8. The van der Waals surface area contributed by atoms with Gasteiger partial charge in [-0.2, -0.15) is 5.10 Å². The van der Waals surface area contributed by atoms with E-state index in [2.05, 4.69) is 40.4 Å². The highest BCUT2D eigenvalue weighted by molar-refractivity contribution is 5.24. The van der Waals surface area contributed by atoms with E-state index in [9.17, 15) is 0 Å². The predicted octanol–water partition coefficient (Wildman–Crippen LogP) is 1.78. The van der Waals surface area contributed by atoms with Gasteiger partial charge >= 0.3 is 0 Å². The molecule has 2 heterocycles. The summed E-state index contributed by atoms with van der Waals surface area (Å²) in [5, 5.41) is 7.81. The van der Waals surface area contributed by atoms with Crippen molar-refractivity contribution in [1.82, 2.24) is 25.1 Å². The summed E-state index contributed by atoms with van der Waals surface area (Å²) >= 11 is 0. The van der Waals surface area contributed by atoms with Crippen LogP contribution in [0, 0.1) is 0 Å². The molecule has 1 atom stereocenters. The van der Waals surface area contributed by atoms with Gasteiger partial charge in [-0.25, -0.2) is 9.97 Å². The second-order valence-corrected chi connectivity index (χ2v) is 4.20. The molecule has 0 radical (unpaired) electrons. The van der Waals surface area contributed by atoms with Crippen molar-refractivity contribution < 1.29 is 0 Å². The first-order valence-corrected chi connectivity index (χ1v) is 6.35. The summed E-state index contributed by atoms with van der Waals surface area (Å²) in [5.41, 5.74) is 2.22. The fourth-order valence-corrected chi connectivity index (χ4v) is 1.97. The fraction of sp³-hybridized carbons (Fsp3) is 0.462. The molecule has 5 heteroatoms. The summed E-state index contributed by atoms with van der Waals surface area (Å²) in [6.07, 6.45) is 10.3. The molecule has 1 N–H and O–H groups in total. The van der Waals surface area contributed by atoms with Crippen molar-refractivity contribution in [1.29, 1.82) is 0 Å². The van der Waals surface area contributed by atoms with Gasteiger partial charge < -0.3 is 5.32 Å². The number of aryl methyl sites for hydroxylation is 1. The van der Waals surface area contributed by atoms with Crippen molar-refractivity contribution >= 4 is 0 Å². The molecule has 2 rings (SSSR count). The molecule has 0 fully saturated rings. The number of hydrogen-bond donors (Lipinski definition) is 1. The quantitative estimate of drug-likeness (QED) is 0.843. The maximum absolute atomic E-state index is 4.37. The Morgan fingerprint density at radius 3 is 2.61 bits per heavy atom. The molecule has 0 aliphatic carbocycles. The van der Waals surface area contributed by atoms with Crippen LogP contribution < -0.4 is 5.32 Å². The van der Waals surface area contributed by atoms with E-state index in [4.69, 9.17) is 0 Å². The lowest BCUT2D eigenvalue weighted by molar-refractivity contribution is 0.596. The zero-order valence-corrected chi connectivity index (χ0v) is 10.9. The standard InChI is InChI=1S/C13H19N5/c1-3-5-18-9-12(8-17-18)13(16-4-2)11-6-14-10-15-7-11/h6-10,13,16H,3-5H2,1-2H3. The summed E-state index contributed by atoms with van der Waals surface area (Å²) in [5.74, 6) is 0. The van der Waals surface area contributed by atoms with E-state index in [0.29, 0.717) is 0 Å². The summed E-state index contributed by atoms with van der Waals surface area (Å²) in [6.45, 7) is 6.07. The molecule has 1 unspecified atom stereocenters. The van der Waals surface area contributed by atoms with Gasteiger partial charge in [0.05, 0.1) is 12.2 Å². The van der Waals surface area contributed by atoms with E-state index in [1.807, 2.05) is 23.3 Å². The molecule has 96 valence electrons.